The summed E-state index contributed by atoms with van der Waals surface area (Å²) in [6, 6.07) is -0.869. The number of phosphoric acid groups is 1. The predicted molar refractivity (Wildman–Crippen MR) is 341 cm³/mol. The lowest BCUT2D eigenvalue weighted by atomic mass is 10.0. The maximum atomic E-state index is 13.0. The van der Waals surface area contributed by atoms with Gasteiger partial charge in [0.15, 0.2) is 0 Å². The van der Waals surface area contributed by atoms with Gasteiger partial charge in [0.25, 0.3) is 0 Å². The second-order valence-electron chi connectivity index (χ2n) is 24.9. The fraction of sp³-hybridized carbons (Fsp3) is 0.899. The van der Waals surface area contributed by atoms with Crippen LogP contribution in [0.1, 0.15) is 348 Å². The highest BCUT2D eigenvalue weighted by Crippen LogP contribution is 2.43. The van der Waals surface area contributed by atoms with Crippen molar-refractivity contribution in [3.8, 4) is 0 Å². The molecular formula is C69H136N2O6P+. The Balaban J connectivity index is 4.12. The first kappa shape index (κ1) is 76.7. The number of carbonyl (C=O) groups is 1. The van der Waals surface area contributed by atoms with Crippen LogP contribution in [0.4, 0.5) is 0 Å². The Morgan fingerprint density at radius 1 is 0.423 bits per heavy atom. The summed E-state index contributed by atoms with van der Waals surface area (Å²) in [5.41, 5.74) is 0. The summed E-state index contributed by atoms with van der Waals surface area (Å²) in [4.78, 5) is 23.4. The second-order valence-corrected chi connectivity index (χ2v) is 26.4. The van der Waals surface area contributed by atoms with Crippen LogP contribution >= 0.6 is 7.82 Å². The lowest BCUT2D eigenvalue weighted by Gasteiger charge is -2.25. The molecule has 0 aromatic carbocycles. The van der Waals surface area contributed by atoms with Crippen LogP contribution in [-0.2, 0) is 18.4 Å². The number of nitrogens with one attached hydrogen (secondary N) is 1. The molecule has 0 radical (unpaired) electrons. The number of amides is 1. The molecule has 0 saturated carbocycles. The van der Waals surface area contributed by atoms with Crippen molar-refractivity contribution >= 4 is 13.7 Å². The SMILES string of the molecule is CCCCCCCCCCCCCCCCCCC/C=C/CC/C=C/CC/C=C/C(O)C(COP(=O)(O)OCC[N+](C)(C)C)NC(=O)CCCCCCCCCCCCCCCCCCCCCCCCCCCCCCC. The molecule has 78 heavy (non-hydrogen) atoms. The molecule has 0 aromatic heterocycles. The Bertz CT molecular complexity index is 1360. The summed E-state index contributed by atoms with van der Waals surface area (Å²) in [5.74, 6) is -0.183. The standard InChI is InChI=1S/C69H135N2O6P/c1-6-8-10-12-14-16-18-20-22-24-26-28-30-32-34-35-37-39-41-43-45-47-49-51-53-55-57-59-61-63-69(73)70-67(66-77-78(74,75)76-65-64-71(3,4)5)68(72)62-60-58-56-54-52-50-48-46-44-42-40-38-36-33-31-29-27-25-23-21-19-17-15-13-11-9-7-2/h44,46,52,54,60,62,67-68,72H,6-43,45,47-51,53,55-59,61,63-66H2,1-5H3,(H-,70,73,74,75)/p+1/b46-44+,54-52+,62-60+. The molecule has 0 bridgehead atoms. The molecule has 0 aliphatic carbocycles. The maximum Gasteiger partial charge on any atom is 0.472 e. The van der Waals surface area contributed by atoms with Crippen LogP contribution < -0.4 is 5.32 Å². The van der Waals surface area contributed by atoms with Gasteiger partial charge in [0.05, 0.1) is 39.9 Å². The van der Waals surface area contributed by atoms with Gasteiger partial charge in [-0.25, -0.2) is 4.57 Å². The average Bonchev–Trinajstić information content (AvgIpc) is 3.41. The topological polar surface area (TPSA) is 105 Å². The van der Waals surface area contributed by atoms with E-state index in [0.717, 1.165) is 44.9 Å². The van der Waals surface area contributed by atoms with Crippen LogP contribution in [0.3, 0.4) is 0 Å². The molecule has 3 atom stereocenters. The van der Waals surface area contributed by atoms with E-state index in [1.54, 1.807) is 6.08 Å². The summed E-state index contributed by atoms with van der Waals surface area (Å²) in [7, 11) is 1.56. The number of phosphoric ester groups is 1. The fourth-order valence-electron chi connectivity index (χ4n) is 10.5. The normalized spacial score (nSPS) is 13.9. The average molecular weight is 1120 g/mol. The number of likely N-dealkylation sites (N-methyl/N-ethyl adjacent to an activating group) is 1. The van der Waals surface area contributed by atoms with Crippen molar-refractivity contribution in [3.05, 3.63) is 36.5 Å². The Morgan fingerprint density at radius 2 is 0.705 bits per heavy atom. The van der Waals surface area contributed by atoms with Gasteiger partial charge in [-0.1, -0.05) is 333 Å². The Labute approximate surface area is 487 Å². The van der Waals surface area contributed by atoms with Crippen LogP contribution in [0, 0.1) is 0 Å². The molecule has 0 aromatic rings. The van der Waals surface area contributed by atoms with Crippen molar-refractivity contribution in [1.29, 1.82) is 0 Å². The molecule has 3 N–H and O–H groups in total. The number of carbonyl (C=O) groups excluding carboxylic acids is 1. The molecule has 462 valence electrons. The molecule has 0 aliphatic heterocycles. The lowest BCUT2D eigenvalue weighted by molar-refractivity contribution is -0.870. The van der Waals surface area contributed by atoms with E-state index in [0.29, 0.717) is 17.4 Å². The molecule has 0 fully saturated rings. The molecule has 0 heterocycles. The predicted octanol–water partition coefficient (Wildman–Crippen LogP) is 21.7. The Kier molecular flexibility index (Phi) is 59.3. The third kappa shape index (κ3) is 62.3. The van der Waals surface area contributed by atoms with Crippen molar-refractivity contribution < 1.29 is 32.9 Å². The van der Waals surface area contributed by atoms with Crippen LogP contribution in [-0.4, -0.2) is 73.4 Å². The van der Waals surface area contributed by atoms with Crippen LogP contribution in [0.5, 0.6) is 0 Å². The Hall–Kier alpha value is -1.28. The van der Waals surface area contributed by atoms with E-state index < -0.39 is 20.0 Å². The van der Waals surface area contributed by atoms with Crippen LogP contribution in [0.25, 0.3) is 0 Å². The van der Waals surface area contributed by atoms with Crippen molar-refractivity contribution in [2.45, 2.75) is 360 Å². The van der Waals surface area contributed by atoms with Gasteiger partial charge < -0.3 is 19.8 Å². The zero-order valence-electron chi connectivity index (χ0n) is 52.9. The molecule has 0 spiro atoms. The van der Waals surface area contributed by atoms with Gasteiger partial charge in [-0.2, -0.15) is 0 Å². The monoisotopic (exact) mass is 1120 g/mol. The number of allylic oxidation sites excluding steroid dienone is 5. The highest BCUT2D eigenvalue weighted by Gasteiger charge is 2.28. The quantitative estimate of drug-likeness (QED) is 0.0243. The molecule has 0 saturated heterocycles. The second kappa shape index (κ2) is 60.3. The van der Waals surface area contributed by atoms with E-state index >= 15 is 0 Å². The van der Waals surface area contributed by atoms with Gasteiger partial charge in [-0.05, 0) is 44.9 Å². The minimum absolute atomic E-state index is 0.0554. The number of nitrogens with zero attached hydrogens (tertiary/aromatic N) is 1. The highest BCUT2D eigenvalue weighted by molar-refractivity contribution is 7.47. The van der Waals surface area contributed by atoms with Gasteiger partial charge in [0.2, 0.25) is 5.91 Å². The minimum atomic E-state index is -4.36. The van der Waals surface area contributed by atoms with Gasteiger partial charge in [-0.15, -0.1) is 0 Å². The minimum Gasteiger partial charge on any atom is -0.387 e. The van der Waals surface area contributed by atoms with Gasteiger partial charge in [0, 0.05) is 6.42 Å². The highest BCUT2D eigenvalue weighted by atomic mass is 31.2. The molecule has 0 aliphatic rings. The molecule has 9 heteroatoms. The Morgan fingerprint density at radius 3 is 1.03 bits per heavy atom. The summed E-state index contributed by atoms with van der Waals surface area (Å²) in [6.07, 6.45) is 80.1. The first-order valence-electron chi connectivity index (χ1n) is 34.4. The molecule has 8 nitrogen and oxygen atoms in total. The van der Waals surface area contributed by atoms with Gasteiger partial charge in [-0.3, -0.25) is 13.8 Å². The lowest BCUT2D eigenvalue weighted by Crippen LogP contribution is -2.45. The number of unbranched alkanes of at least 4 members (excludes halogenated alkanes) is 47. The first-order valence-corrected chi connectivity index (χ1v) is 35.9. The van der Waals surface area contributed by atoms with E-state index in [1.807, 2.05) is 27.2 Å². The van der Waals surface area contributed by atoms with E-state index in [2.05, 4.69) is 43.5 Å². The number of rotatable bonds is 64. The van der Waals surface area contributed by atoms with Crippen molar-refractivity contribution in [2.24, 2.45) is 0 Å². The number of hydrogen-bond donors (Lipinski definition) is 3. The molecular weight excluding hydrogens is 984 g/mol. The summed E-state index contributed by atoms with van der Waals surface area (Å²) in [6.45, 7) is 4.85. The van der Waals surface area contributed by atoms with E-state index in [9.17, 15) is 19.4 Å². The zero-order chi connectivity index (χ0) is 57.0. The summed E-state index contributed by atoms with van der Waals surface area (Å²) < 4.78 is 23.8. The number of aliphatic hydroxyl groups excluding tert-OH is 1. The molecule has 1 amide bonds. The van der Waals surface area contributed by atoms with E-state index in [4.69, 9.17) is 9.05 Å². The molecule has 3 unspecified atom stereocenters. The summed E-state index contributed by atoms with van der Waals surface area (Å²) in [5, 5.41) is 14.0. The van der Waals surface area contributed by atoms with Crippen LogP contribution in [0.2, 0.25) is 0 Å². The third-order valence-corrected chi connectivity index (χ3v) is 16.8. The van der Waals surface area contributed by atoms with Crippen molar-refractivity contribution in [1.82, 2.24) is 5.32 Å². The van der Waals surface area contributed by atoms with Crippen molar-refractivity contribution in [2.75, 3.05) is 40.9 Å². The third-order valence-electron chi connectivity index (χ3n) is 15.8. The first-order chi connectivity index (χ1) is 38.0. The van der Waals surface area contributed by atoms with Crippen LogP contribution in [0.15, 0.2) is 36.5 Å². The molecule has 0 rings (SSSR count). The number of hydrogen-bond acceptors (Lipinski definition) is 5. The number of quaternary nitrogens is 1. The van der Waals surface area contributed by atoms with Crippen molar-refractivity contribution in [3.63, 3.8) is 0 Å². The zero-order valence-corrected chi connectivity index (χ0v) is 53.8. The summed E-state index contributed by atoms with van der Waals surface area (Å²) >= 11 is 0. The maximum absolute atomic E-state index is 13.0. The van der Waals surface area contributed by atoms with E-state index in [-0.39, 0.29) is 19.1 Å². The fourth-order valence-corrected chi connectivity index (χ4v) is 11.2. The van der Waals surface area contributed by atoms with Gasteiger partial charge >= 0.3 is 7.82 Å². The smallest absolute Gasteiger partial charge is 0.387 e. The largest absolute Gasteiger partial charge is 0.472 e. The van der Waals surface area contributed by atoms with E-state index in [1.165, 1.54) is 283 Å². The van der Waals surface area contributed by atoms with Gasteiger partial charge in [0.1, 0.15) is 13.2 Å². The number of aliphatic hydroxyl groups is 1.